The zero-order valence-corrected chi connectivity index (χ0v) is 11.9. The molecule has 0 atom stereocenters. The molecule has 0 spiro atoms. The third-order valence-electron chi connectivity index (χ3n) is 3.08. The Morgan fingerprint density at radius 1 is 1.15 bits per heavy atom. The SMILES string of the molecule is COc1c(C)cc(/C=C/C(=O)c2ccncc2)cc1C. The van der Waals surface area contributed by atoms with E-state index < -0.39 is 0 Å². The molecule has 1 aromatic heterocycles. The Hall–Kier alpha value is -2.42. The number of hydrogen-bond donors (Lipinski definition) is 0. The summed E-state index contributed by atoms with van der Waals surface area (Å²) in [5.41, 5.74) is 3.74. The molecular weight excluding hydrogens is 250 g/mol. The third-order valence-corrected chi connectivity index (χ3v) is 3.08. The smallest absolute Gasteiger partial charge is 0.185 e. The number of aryl methyl sites for hydroxylation is 2. The van der Waals surface area contributed by atoms with Gasteiger partial charge in [0.25, 0.3) is 0 Å². The topological polar surface area (TPSA) is 39.2 Å². The third kappa shape index (κ3) is 3.12. The minimum Gasteiger partial charge on any atom is -0.496 e. The van der Waals surface area contributed by atoms with Crippen LogP contribution in [0, 0.1) is 13.8 Å². The van der Waals surface area contributed by atoms with Gasteiger partial charge in [0.15, 0.2) is 5.78 Å². The highest BCUT2D eigenvalue weighted by atomic mass is 16.5. The van der Waals surface area contributed by atoms with Gasteiger partial charge in [0.2, 0.25) is 0 Å². The molecule has 1 heterocycles. The van der Waals surface area contributed by atoms with Crippen LogP contribution in [-0.4, -0.2) is 17.9 Å². The molecule has 102 valence electrons. The van der Waals surface area contributed by atoms with E-state index in [1.165, 1.54) is 0 Å². The van der Waals surface area contributed by atoms with E-state index in [4.69, 9.17) is 4.74 Å². The summed E-state index contributed by atoms with van der Waals surface area (Å²) in [6.45, 7) is 3.99. The summed E-state index contributed by atoms with van der Waals surface area (Å²) in [4.78, 5) is 15.9. The van der Waals surface area contributed by atoms with Gasteiger partial charge in [0.1, 0.15) is 5.75 Å². The number of ketones is 1. The number of nitrogens with zero attached hydrogens (tertiary/aromatic N) is 1. The second-order valence-electron chi connectivity index (χ2n) is 4.62. The summed E-state index contributed by atoms with van der Waals surface area (Å²) >= 11 is 0. The highest BCUT2D eigenvalue weighted by molar-refractivity contribution is 6.06. The van der Waals surface area contributed by atoms with Gasteiger partial charge < -0.3 is 4.74 Å². The Bertz CT molecular complexity index is 622. The number of rotatable bonds is 4. The van der Waals surface area contributed by atoms with Crippen LogP contribution in [0.5, 0.6) is 5.75 Å². The molecule has 0 fully saturated rings. The molecule has 0 aliphatic rings. The Balaban J connectivity index is 2.22. The molecular formula is C17H17NO2. The Morgan fingerprint density at radius 3 is 2.30 bits per heavy atom. The van der Waals surface area contributed by atoms with E-state index in [9.17, 15) is 4.79 Å². The Morgan fingerprint density at radius 2 is 1.75 bits per heavy atom. The van der Waals surface area contributed by atoms with Crippen LogP contribution in [0.25, 0.3) is 6.08 Å². The van der Waals surface area contributed by atoms with Gasteiger partial charge in [-0.2, -0.15) is 0 Å². The van der Waals surface area contributed by atoms with E-state index in [2.05, 4.69) is 4.98 Å². The van der Waals surface area contributed by atoms with Crippen molar-refractivity contribution in [1.82, 2.24) is 4.98 Å². The van der Waals surface area contributed by atoms with Crippen molar-refractivity contribution < 1.29 is 9.53 Å². The maximum atomic E-state index is 12.0. The van der Waals surface area contributed by atoms with Gasteiger partial charge in [-0.25, -0.2) is 0 Å². The molecule has 3 nitrogen and oxygen atoms in total. The molecule has 0 amide bonds. The summed E-state index contributed by atoms with van der Waals surface area (Å²) in [7, 11) is 1.66. The first-order valence-electron chi connectivity index (χ1n) is 6.39. The van der Waals surface area contributed by atoms with Crippen molar-refractivity contribution in [3.63, 3.8) is 0 Å². The summed E-state index contributed by atoms with van der Waals surface area (Å²) < 4.78 is 5.33. The van der Waals surface area contributed by atoms with E-state index in [0.29, 0.717) is 5.56 Å². The van der Waals surface area contributed by atoms with Crippen LogP contribution in [0.1, 0.15) is 27.0 Å². The fourth-order valence-electron chi connectivity index (χ4n) is 2.19. The van der Waals surface area contributed by atoms with Crippen LogP contribution in [0.15, 0.2) is 42.7 Å². The second-order valence-corrected chi connectivity index (χ2v) is 4.62. The molecule has 0 aliphatic heterocycles. The molecule has 0 unspecified atom stereocenters. The van der Waals surface area contributed by atoms with Crippen molar-refractivity contribution in [2.75, 3.05) is 7.11 Å². The van der Waals surface area contributed by atoms with E-state index in [0.717, 1.165) is 22.4 Å². The predicted octanol–water partition coefficient (Wildman–Crippen LogP) is 3.60. The van der Waals surface area contributed by atoms with Gasteiger partial charge in [-0.1, -0.05) is 6.08 Å². The Labute approximate surface area is 118 Å². The summed E-state index contributed by atoms with van der Waals surface area (Å²) in [5.74, 6) is 0.862. The van der Waals surface area contributed by atoms with Crippen molar-refractivity contribution in [1.29, 1.82) is 0 Å². The highest BCUT2D eigenvalue weighted by Crippen LogP contribution is 2.24. The quantitative estimate of drug-likeness (QED) is 0.627. The number of aromatic nitrogens is 1. The molecule has 0 saturated heterocycles. The summed E-state index contributed by atoms with van der Waals surface area (Å²) in [6.07, 6.45) is 6.63. The van der Waals surface area contributed by atoms with Crippen molar-refractivity contribution >= 4 is 11.9 Å². The van der Waals surface area contributed by atoms with Crippen molar-refractivity contribution in [3.8, 4) is 5.75 Å². The average Bonchev–Trinajstić information content (AvgIpc) is 2.45. The molecule has 3 heteroatoms. The lowest BCUT2D eigenvalue weighted by molar-refractivity contribution is 0.104. The van der Waals surface area contributed by atoms with Gasteiger partial charge in [0.05, 0.1) is 7.11 Å². The second kappa shape index (κ2) is 6.15. The lowest BCUT2D eigenvalue weighted by Gasteiger charge is -2.09. The van der Waals surface area contributed by atoms with Crippen LogP contribution in [-0.2, 0) is 0 Å². The Kier molecular flexibility index (Phi) is 4.31. The zero-order valence-electron chi connectivity index (χ0n) is 11.9. The van der Waals surface area contributed by atoms with Crippen LogP contribution in [0.4, 0.5) is 0 Å². The number of carbonyl (C=O) groups excluding carboxylic acids is 1. The molecule has 1 aromatic carbocycles. The first-order chi connectivity index (χ1) is 9.61. The molecule has 0 radical (unpaired) electrons. The largest absolute Gasteiger partial charge is 0.496 e. The van der Waals surface area contributed by atoms with Gasteiger partial charge >= 0.3 is 0 Å². The van der Waals surface area contributed by atoms with Crippen molar-refractivity contribution in [2.45, 2.75) is 13.8 Å². The van der Waals surface area contributed by atoms with Crippen LogP contribution in [0.2, 0.25) is 0 Å². The zero-order chi connectivity index (χ0) is 14.5. The number of benzene rings is 1. The first-order valence-corrected chi connectivity index (χ1v) is 6.39. The minimum atomic E-state index is -0.0291. The predicted molar refractivity (Wildman–Crippen MR) is 80.1 cm³/mol. The lowest BCUT2D eigenvalue weighted by Crippen LogP contribution is -1.94. The van der Waals surface area contributed by atoms with E-state index in [1.807, 2.05) is 32.1 Å². The lowest BCUT2D eigenvalue weighted by atomic mass is 10.0. The summed E-state index contributed by atoms with van der Waals surface area (Å²) in [6, 6.07) is 7.42. The highest BCUT2D eigenvalue weighted by Gasteiger charge is 2.04. The van der Waals surface area contributed by atoms with Crippen LogP contribution >= 0.6 is 0 Å². The van der Waals surface area contributed by atoms with E-state index >= 15 is 0 Å². The van der Waals surface area contributed by atoms with Gasteiger partial charge in [-0.3, -0.25) is 9.78 Å². The average molecular weight is 267 g/mol. The number of methoxy groups -OCH3 is 1. The van der Waals surface area contributed by atoms with Crippen LogP contribution in [0.3, 0.4) is 0 Å². The monoisotopic (exact) mass is 267 g/mol. The van der Waals surface area contributed by atoms with Crippen molar-refractivity contribution in [2.24, 2.45) is 0 Å². The standard InChI is InChI=1S/C17H17NO2/c1-12-10-14(11-13(2)17(12)20-3)4-5-16(19)15-6-8-18-9-7-15/h4-11H,1-3H3/b5-4+. The molecule has 2 aromatic rings. The van der Waals surface area contributed by atoms with Crippen molar-refractivity contribution in [3.05, 3.63) is 65.0 Å². The van der Waals surface area contributed by atoms with Gasteiger partial charge in [-0.05, 0) is 60.9 Å². The number of hydrogen-bond acceptors (Lipinski definition) is 3. The number of carbonyl (C=O) groups is 1. The molecule has 0 bridgehead atoms. The number of allylic oxidation sites excluding steroid dienone is 1. The molecule has 0 N–H and O–H groups in total. The maximum absolute atomic E-state index is 12.0. The maximum Gasteiger partial charge on any atom is 0.185 e. The normalized spacial score (nSPS) is 10.8. The van der Waals surface area contributed by atoms with E-state index in [-0.39, 0.29) is 5.78 Å². The molecule has 20 heavy (non-hydrogen) atoms. The first kappa shape index (κ1) is 14.0. The van der Waals surface area contributed by atoms with Crippen LogP contribution < -0.4 is 4.74 Å². The van der Waals surface area contributed by atoms with Gasteiger partial charge in [0, 0.05) is 18.0 Å². The fraction of sp³-hybridized carbons (Fsp3) is 0.176. The molecule has 2 rings (SSSR count). The summed E-state index contributed by atoms with van der Waals surface area (Å²) in [5, 5.41) is 0. The number of ether oxygens (including phenoxy) is 1. The van der Waals surface area contributed by atoms with E-state index in [1.54, 1.807) is 37.7 Å². The minimum absolute atomic E-state index is 0.0291. The van der Waals surface area contributed by atoms with Gasteiger partial charge in [-0.15, -0.1) is 0 Å². The molecule has 0 aliphatic carbocycles. The molecule has 0 saturated carbocycles. The fourth-order valence-corrected chi connectivity index (χ4v) is 2.19. The number of pyridine rings is 1.